The molecule has 0 aromatic heterocycles. The van der Waals surface area contributed by atoms with Gasteiger partial charge in [-0.1, -0.05) is 0 Å². The Kier molecular flexibility index (Phi) is 4.19. The predicted molar refractivity (Wildman–Crippen MR) is 74.1 cm³/mol. The highest BCUT2D eigenvalue weighted by atomic mass is 19.1. The van der Waals surface area contributed by atoms with E-state index in [1.807, 2.05) is 0 Å². The van der Waals surface area contributed by atoms with Crippen molar-refractivity contribution in [3.8, 4) is 5.75 Å². The Morgan fingerprint density at radius 1 is 1.20 bits per heavy atom. The zero-order valence-corrected chi connectivity index (χ0v) is 11.6. The van der Waals surface area contributed by atoms with Crippen LogP contribution in [0.25, 0.3) is 0 Å². The van der Waals surface area contributed by atoms with Crippen molar-refractivity contribution in [2.45, 2.75) is 19.0 Å². The molecule has 1 aromatic carbocycles. The molecule has 5 heteroatoms. The highest BCUT2D eigenvalue weighted by molar-refractivity contribution is 5.28. The second kappa shape index (κ2) is 6.08. The molecule has 0 bridgehead atoms. The van der Waals surface area contributed by atoms with Crippen molar-refractivity contribution in [1.29, 1.82) is 0 Å². The predicted octanol–water partition coefficient (Wildman–Crippen LogP) is 1.44. The Hall–Kier alpha value is -1.17. The summed E-state index contributed by atoms with van der Waals surface area (Å²) in [6, 6.07) is 4.87. The number of hydrogen-bond acceptors (Lipinski definition) is 4. The quantitative estimate of drug-likeness (QED) is 0.909. The van der Waals surface area contributed by atoms with E-state index in [2.05, 4.69) is 9.80 Å². The van der Waals surface area contributed by atoms with Gasteiger partial charge in [-0.2, -0.15) is 0 Å². The van der Waals surface area contributed by atoms with E-state index in [-0.39, 0.29) is 11.6 Å². The molecule has 1 N–H and O–H groups in total. The second-order valence-corrected chi connectivity index (χ2v) is 5.64. The normalized spacial score (nSPS) is 25.1. The topological polar surface area (TPSA) is 35.9 Å². The molecule has 110 valence electrons. The lowest BCUT2D eigenvalue weighted by Crippen LogP contribution is -2.44. The van der Waals surface area contributed by atoms with Crippen LogP contribution in [0.5, 0.6) is 5.75 Å². The molecule has 4 nitrogen and oxygen atoms in total. The SMILES string of the molecule is Oc1cc(F)cc(CN2CCC(N3CCOCC3)C2)c1. The molecule has 0 saturated carbocycles. The molecule has 3 rings (SSSR count). The van der Waals surface area contributed by atoms with Gasteiger partial charge in [-0.05, 0) is 24.1 Å². The zero-order chi connectivity index (χ0) is 13.9. The largest absolute Gasteiger partial charge is 0.508 e. The maximum atomic E-state index is 13.3. The molecule has 2 fully saturated rings. The number of ether oxygens (including phenoxy) is 1. The molecular formula is C15H21FN2O2. The molecule has 0 aliphatic carbocycles. The van der Waals surface area contributed by atoms with E-state index in [9.17, 15) is 9.50 Å². The standard InChI is InChI=1S/C15H21FN2O2/c16-13-7-12(8-15(19)9-13)10-17-2-1-14(11-17)18-3-5-20-6-4-18/h7-9,14,19H,1-6,10-11H2. The van der Waals surface area contributed by atoms with Crippen molar-refractivity contribution >= 4 is 0 Å². The molecule has 0 radical (unpaired) electrons. The van der Waals surface area contributed by atoms with Gasteiger partial charge in [-0.25, -0.2) is 4.39 Å². The summed E-state index contributed by atoms with van der Waals surface area (Å²) in [5.74, 6) is -0.368. The summed E-state index contributed by atoms with van der Waals surface area (Å²) in [4.78, 5) is 4.82. The Morgan fingerprint density at radius 3 is 2.75 bits per heavy atom. The minimum Gasteiger partial charge on any atom is -0.508 e. The number of likely N-dealkylation sites (tertiary alicyclic amines) is 1. The van der Waals surface area contributed by atoms with Gasteiger partial charge in [0.1, 0.15) is 11.6 Å². The van der Waals surface area contributed by atoms with Crippen LogP contribution in [0.3, 0.4) is 0 Å². The van der Waals surface area contributed by atoms with Crippen molar-refractivity contribution in [2.24, 2.45) is 0 Å². The molecule has 20 heavy (non-hydrogen) atoms. The highest BCUT2D eigenvalue weighted by Gasteiger charge is 2.28. The van der Waals surface area contributed by atoms with E-state index in [0.717, 1.165) is 57.4 Å². The monoisotopic (exact) mass is 280 g/mol. The lowest BCUT2D eigenvalue weighted by atomic mass is 10.2. The van der Waals surface area contributed by atoms with Gasteiger partial charge in [-0.3, -0.25) is 9.80 Å². The lowest BCUT2D eigenvalue weighted by molar-refractivity contribution is 0.0184. The molecule has 1 atom stereocenters. The van der Waals surface area contributed by atoms with Crippen LogP contribution in [0.2, 0.25) is 0 Å². The first-order chi connectivity index (χ1) is 9.70. The smallest absolute Gasteiger partial charge is 0.127 e. The van der Waals surface area contributed by atoms with Crippen LogP contribution >= 0.6 is 0 Å². The molecule has 1 aromatic rings. The number of rotatable bonds is 3. The van der Waals surface area contributed by atoms with E-state index in [0.29, 0.717) is 12.6 Å². The minimum atomic E-state index is -0.371. The van der Waals surface area contributed by atoms with Crippen LogP contribution in [0.4, 0.5) is 4.39 Å². The molecular weight excluding hydrogens is 259 g/mol. The number of benzene rings is 1. The number of nitrogens with zero attached hydrogens (tertiary/aromatic N) is 2. The first-order valence-corrected chi connectivity index (χ1v) is 7.23. The molecule has 2 aliphatic heterocycles. The first-order valence-electron chi connectivity index (χ1n) is 7.23. The van der Waals surface area contributed by atoms with Crippen LogP contribution in [-0.2, 0) is 11.3 Å². The summed E-state index contributed by atoms with van der Waals surface area (Å²) in [5.41, 5.74) is 0.838. The second-order valence-electron chi connectivity index (χ2n) is 5.64. The van der Waals surface area contributed by atoms with E-state index in [1.165, 1.54) is 6.07 Å². The number of aromatic hydroxyl groups is 1. The minimum absolute atomic E-state index is 0.00364. The molecule has 0 spiro atoms. The maximum Gasteiger partial charge on any atom is 0.127 e. The van der Waals surface area contributed by atoms with Crippen LogP contribution < -0.4 is 0 Å². The van der Waals surface area contributed by atoms with Gasteiger partial charge in [0.2, 0.25) is 0 Å². The van der Waals surface area contributed by atoms with Crippen LogP contribution in [0.1, 0.15) is 12.0 Å². The Balaban J connectivity index is 1.57. The summed E-state index contributed by atoms with van der Waals surface area (Å²) in [7, 11) is 0. The van der Waals surface area contributed by atoms with E-state index in [1.54, 1.807) is 6.07 Å². The van der Waals surface area contributed by atoms with Crippen molar-refractivity contribution in [3.63, 3.8) is 0 Å². The average molecular weight is 280 g/mol. The number of hydrogen-bond donors (Lipinski definition) is 1. The van der Waals surface area contributed by atoms with E-state index < -0.39 is 0 Å². The lowest BCUT2D eigenvalue weighted by Gasteiger charge is -2.32. The van der Waals surface area contributed by atoms with E-state index in [4.69, 9.17) is 4.74 Å². The van der Waals surface area contributed by atoms with Crippen molar-refractivity contribution in [3.05, 3.63) is 29.6 Å². The molecule has 1 unspecified atom stereocenters. The number of phenols is 1. The molecule has 2 saturated heterocycles. The highest BCUT2D eigenvalue weighted by Crippen LogP contribution is 2.21. The Labute approximate surface area is 118 Å². The van der Waals surface area contributed by atoms with E-state index >= 15 is 0 Å². The number of phenolic OH excluding ortho intramolecular Hbond substituents is 1. The number of morpholine rings is 1. The summed E-state index contributed by atoms with van der Waals surface area (Å²) in [6.07, 6.45) is 1.15. The van der Waals surface area contributed by atoms with Crippen molar-refractivity contribution in [1.82, 2.24) is 9.80 Å². The zero-order valence-electron chi connectivity index (χ0n) is 11.6. The fourth-order valence-electron chi connectivity index (χ4n) is 3.18. The third kappa shape index (κ3) is 3.29. The average Bonchev–Trinajstić information content (AvgIpc) is 2.87. The Morgan fingerprint density at radius 2 is 2.00 bits per heavy atom. The van der Waals surface area contributed by atoms with Crippen molar-refractivity contribution < 1.29 is 14.2 Å². The summed E-state index contributed by atoms with van der Waals surface area (Å²) < 4.78 is 18.7. The fourth-order valence-corrected chi connectivity index (χ4v) is 3.18. The van der Waals surface area contributed by atoms with Crippen LogP contribution in [0.15, 0.2) is 18.2 Å². The summed E-state index contributed by atoms with van der Waals surface area (Å²) in [5, 5.41) is 9.44. The van der Waals surface area contributed by atoms with Crippen molar-refractivity contribution in [2.75, 3.05) is 39.4 Å². The van der Waals surface area contributed by atoms with Gasteiger partial charge in [0.05, 0.1) is 13.2 Å². The Bertz CT molecular complexity index is 443. The fraction of sp³-hybridized carbons (Fsp3) is 0.600. The molecule has 2 aliphatic rings. The van der Waals surface area contributed by atoms with Gasteiger partial charge in [0.25, 0.3) is 0 Å². The summed E-state index contributed by atoms with van der Waals surface area (Å²) in [6.45, 7) is 6.42. The third-order valence-corrected chi connectivity index (χ3v) is 4.16. The number of halogens is 1. The van der Waals surface area contributed by atoms with Gasteiger partial charge in [-0.15, -0.1) is 0 Å². The third-order valence-electron chi connectivity index (χ3n) is 4.16. The maximum absolute atomic E-state index is 13.3. The van der Waals surface area contributed by atoms with Crippen LogP contribution in [-0.4, -0.2) is 60.3 Å². The van der Waals surface area contributed by atoms with Crippen LogP contribution in [0, 0.1) is 5.82 Å². The summed E-state index contributed by atoms with van der Waals surface area (Å²) >= 11 is 0. The van der Waals surface area contributed by atoms with Gasteiger partial charge < -0.3 is 9.84 Å². The van der Waals surface area contributed by atoms with Gasteiger partial charge in [0.15, 0.2) is 0 Å². The van der Waals surface area contributed by atoms with Gasteiger partial charge in [0, 0.05) is 44.8 Å². The molecule has 0 amide bonds. The molecule has 2 heterocycles. The van der Waals surface area contributed by atoms with Gasteiger partial charge >= 0.3 is 0 Å². The first kappa shape index (κ1) is 13.8.